The van der Waals surface area contributed by atoms with Crippen LogP contribution in [0.15, 0.2) is 30.3 Å². The zero-order chi connectivity index (χ0) is 14.2. The van der Waals surface area contributed by atoms with Crippen LogP contribution in [0.2, 0.25) is 0 Å². The molecule has 3 rings (SSSR count). The number of anilines is 1. The Kier molecular flexibility index (Phi) is 3.47. The molecule has 0 aliphatic carbocycles. The third-order valence-electron chi connectivity index (χ3n) is 3.45. The summed E-state index contributed by atoms with van der Waals surface area (Å²) in [5.41, 5.74) is 0.979. The molecule has 0 saturated carbocycles. The number of hydrogen-bond donors (Lipinski definition) is 0. The second-order valence-electron chi connectivity index (χ2n) is 4.89. The molecule has 1 atom stereocenters. The number of rotatable bonds is 2. The molecule has 0 amide bonds. The average Bonchev–Trinajstić information content (AvgIpc) is 2.93. The van der Waals surface area contributed by atoms with Gasteiger partial charge in [-0.1, -0.05) is 30.3 Å². The maximum absolute atomic E-state index is 11.7. The van der Waals surface area contributed by atoms with E-state index in [2.05, 4.69) is 9.36 Å². The van der Waals surface area contributed by atoms with Crippen molar-refractivity contribution in [2.24, 2.45) is 0 Å². The number of benzene rings is 1. The van der Waals surface area contributed by atoms with Crippen molar-refractivity contribution in [2.45, 2.75) is 12.2 Å². The van der Waals surface area contributed by atoms with Crippen LogP contribution in [0, 0.1) is 0 Å². The summed E-state index contributed by atoms with van der Waals surface area (Å²) < 4.78 is 27.8. The van der Waals surface area contributed by atoms with E-state index in [1.807, 2.05) is 35.2 Å². The van der Waals surface area contributed by atoms with Gasteiger partial charge < -0.3 is 4.90 Å². The molecular formula is C13H15N3O2S2. The Hall–Kier alpha value is -1.47. The highest BCUT2D eigenvalue weighted by Crippen LogP contribution is 2.26. The predicted molar refractivity (Wildman–Crippen MR) is 80.8 cm³/mol. The summed E-state index contributed by atoms with van der Waals surface area (Å²) in [5, 5.41) is 0.450. The van der Waals surface area contributed by atoms with Crippen molar-refractivity contribution < 1.29 is 8.42 Å². The summed E-state index contributed by atoms with van der Waals surface area (Å²) in [4.78, 5) is 6.53. The quantitative estimate of drug-likeness (QED) is 0.847. The Balaban J connectivity index is 1.82. The topological polar surface area (TPSA) is 63.2 Å². The zero-order valence-corrected chi connectivity index (χ0v) is 12.7. The Morgan fingerprint density at radius 2 is 2.05 bits per heavy atom. The molecule has 1 aromatic carbocycles. The summed E-state index contributed by atoms with van der Waals surface area (Å²) in [6.45, 7) is 2.74. The second kappa shape index (κ2) is 5.14. The third kappa shape index (κ3) is 2.55. The van der Waals surface area contributed by atoms with Gasteiger partial charge in [0.1, 0.15) is 0 Å². The van der Waals surface area contributed by atoms with E-state index in [1.54, 1.807) is 6.92 Å². The molecule has 0 bridgehead atoms. The van der Waals surface area contributed by atoms with E-state index in [0.29, 0.717) is 18.9 Å². The lowest BCUT2D eigenvalue weighted by Gasteiger charge is -2.30. The third-order valence-corrected chi connectivity index (χ3v) is 6.36. The maximum atomic E-state index is 11.7. The van der Waals surface area contributed by atoms with Gasteiger partial charge in [0, 0.05) is 30.2 Å². The molecule has 1 aliphatic heterocycles. The van der Waals surface area contributed by atoms with Crippen LogP contribution >= 0.6 is 11.5 Å². The van der Waals surface area contributed by atoms with E-state index < -0.39 is 9.84 Å². The van der Waals surface area contributed by atoms with Crippen LogP contribution in [0.3, 0.4) is 0 Å². The van der Waals surface area contributed by atoms with Crippen molar-refractivity contribution in [1.29, 1.82) is 0 Å². The first-order chi connectivity index (χ1) is 9.56. The monoisotopic (exact) mass is 309 g/mol. The van der Waals surface area contributed by atoms with Crippen molar-refractivity contribution in [1.82, 2.24) is 9.36 Å². The lowest BCUT2D eigenvalue weighted by molar-refractivity contribution is 0.569. The molecule has 0 spiro atoms. The van der Waals surface area contributed by atoms with Crippen molar-refractivity contribution in [3.63, 3.8) is 0 Å². The van der Waals surface area contributed by atoms with Crippen LogP contribution in [0.4, 0.5) is 5.13 Å². The normalized spacial score (nSPS) is 21.9. The number of aromatic nitrogens is 2. The summed E-state index contributed by atoms with van der Waals surface area (Å²) in [7, 11) is -2.93. The van der Waals surface area contributed by atoms with E-state index in [1.165, 1.54) is 11.5 Å². The molecule has 2 aromatic rings. The minimum atomic E-state index is -2.93. The Morgan fingerprint density at radius 3 is 2.75 bits per heavy atom. The molecule has 1 aromatic heterocycles. The van der Waals surface area contributed by atoms with E-state index in [9.17, 15) is 8.42 Å². The highest BCUT2D eigenvalue weighted by atomic mass is 32.2. The molecule has 7 heteroatoms. The largest absolute Gasteiger partial charge is 0.345 e. The van der Waals surface area contributed by atoms with E-state index in [4.69, 9.17) is 0 Å². The molecule has 0 unspecified atom stereocenters. The van der Waals surface area contributed by atoms with Crippen molar-refractivity contribution in [2.75, 3.05) is 23.7 Å². The fourth-order valence-corrected chi connectivity index (χ4v) is 4.18. The van der Waals surface area contributed by atoms with E-state index >= 15 is 0 Å². The van der Waals surface area contributed by atoms with Gasteiger partial charge in [-0.3, -0.25) is 0 Å². The summed E-state index contributed by atoms with van der Waals surface area (Å²) >= 11 is 1.32. The summed E-state index contributed by atoms with van der Waals surface area (Å²) in [6.07, 6.45) is 0. The van der Waals surface area contributed by atoms with Gasteiger partial charge in [-0.05, 0) is 6.92 Å². The summed E-state index contributed by atoms with van der Waals surface area (Å²) in [5.74, 6) is 0.890. The first kappa shape index (κ1) is 13.5. The van der Waals surface area contributed by atoms with Crippen molar-refractivity contribution in [3.05, 3.63) is 30.3 Å². The van der Waals surface area contributed by atoms with Crippen molar-refractivity contribution in [3.8, 4) is 11.4 Å². The van der Waals surface area contributed by atoms with E-state index in [-0.39, 0.29) is 11.0 Å². The zero-order valence-electron chi connectivity index (χ0n) is 11.1. The smallest absolute Gasteiger partial charge is 0.205 e. The highest BCUT2D eigenvalue weighted by Gasteiger charge is 2.30. The second-order valence-corrected chi connectivity index (χ2v) is 8.16. The molecule has 2 heterocycles. The molecule has 1 saturated heterocycles. The Bertz CT molecular complexity index is 697. The first-order valence-electron chi connectivity index (χ1n) is 6.42. The molecular weight excluding hydrogens is 294 g/mol. The Morgan fingerprint density at radius 1 is 1.30 bits per heavy atom. The van der Waals surface area contributed by atoms with Crippen LogP contribution in [0.1, 0.15) is 6.92 Å². The average molecular weight is 309 g/mol. The molecule has 106 valence electrons. The molecule has 0 radical (unpaired) electrons. The van der Waals surface area contributed by atoms with Gasteiger partial charge >= 0.3 is 0 Å². The van der Waals surface area contributed by atoms with Gasteiger partial charge in [0.25, 0.3) is 0 Å². The molecule has 5 nitrogen and oxygen atoms in total. The fraction of sp³-hybridized carbons (Fsp3) is 0.385. The lowest BCUT2D eigenvalue weighted by atomic mass is 10.2. The van der Waals surface area contributed by atoms with Crippen molar-refractivity contribution >= 4 is 26.5 Å². The maximum Gasteiger partial charge on any atom is 0.205 e. The van der Waals surface area contributed by atoms with Gasteiger partial charge in [-0.25, -0.2) is 8.42 Å². The fourth-order valence-electron chi connectivity index (χ4n) is 2.18. The molecule has 1 fully saturated rings. The van der Waals surface area contributed by atoms with Gasteiger partial charge in [-0.2, -0.15) is 9.36 Å². The van der Waals surface area contributed by atoms with Crippen LogP contribution in [0.5, 0.6) is 0 Å². The van der Waals surface area contributed by atoms with Crippen LogP contribution in [-0.4, -0.2) is 41.9 Å². The van der Waals surface area contributed by atoms with E-state index in [0.717, 1.165) is 10.7 Å². The first-order valence-corrected chi connectivity index (χ1v) is 8.91. The standard InChI is InChI=1S/C13H15N3O2S2/c1-10-9-16(7-8-20(10,17)18)13-14-12(15-19-13)11-5-3-2-4-6-11/h2-6,10H,7-9H2,1H3/t10-/m1/s1. The Labute approximate surface area is 122 Å². The minimum Gasteiger partial charge on any atom is -0.345 e. The number of sulfone groups is 1. The highest BCUT2D eigenvalue weighted by molar-refractivity contribution is 7.92. The van der Waals surface area contributed by atoms with Crippen LogP contribution in [0.25, 0.3) is 11.4 Å². The van der Waals surface area contributed by atoms with Gasteiger partial charge in [0.15, 0.2) is 15.7 Å². The predicted octanol–water partition coefficient (Wildman–Crippen LogP) is 1.83. The van der Waals surface area contributed by atoms with Crippen LogP contribution < -0.4 is 4.90 Å². The number of hydrogen-bond acceptors (Lipinski definition) is 6. The number of nitrogens with zero attached hydrogens (tertiary/aromatic N) is 3. The minimum absolute atomic E-state index is 0.189. The van der Waals surface area contributed by atoms with Crippen LogP contribution in [-0.2, 0) is 9.84 Å². The van der Waals surface area contributed by atoms with Gasteiger partial charge in [0.2, 0.25) is 5.13 Å². The molecule has 0 N–H and O–H groups in total. The molecule has 20 heavy (non-hydrogen) atoms. The summed E-state index contributed by atoms with van der Waals surface area (Å²) in [6, 6.07) is 9.79. The lowest BCUT2D eigenvalue weighted by Crippen LogP contribution is -2.45. The van der Waals surface area contributed by atoms with Gasteiger partial charge in [0.05, 0.1) is 11.0 Å². The molecule has 1 aliphatic rings. The SMILES string of the molecule is C[C@@H]1CN(c2nc(-c3ccccc3)ns2)CCS1(=O)=O. The van der Waals surface area contributed by atoms with Gasteiger partial charge in [-0.15, -0.1) is 0 Å².